The molecule has 23 heavy (non-hydrogen) atoms. The summed E-state index contributed by atoms with van der Waals surface area (Å²) in [5.41, 5.74) is 0. The lowest BCUT2D eigenvalue weighted by Crippen LogP contribution is -2.48. The fourth-order valence-corrected chi connectivity index (χ4v) is 3.57. The van der Waals surface area contributed by atoms with Gasteiger partial charge in [-0.15, -0.1) is 0 Å². The van der Waals surface area contributed by atoms with Gasteiger partial charge in [0.25, 0.3) is 0 Å². The third-order valence-corrected chi connectivity index (χ3v) is 4.93. The third-order valence-electron chi connectivity index (χ3n) is 3.04. The van der Waals surface area contributed by atoms with Crippen molar-refractivity contribution in [3.8, 4) is 5.75 Å². The molecule has 128 valence electrons. The summed E-state index contributed by atoms with van der Waals surface area (Å²) >= 11 is 0. The smallest absolute Gasteiger partial charge is 0.387 e. The molecule has 1 N–H and O–H groups in total. The molecule has 1 aromatic rings. The van der Waals surface area contributed by atoms with Crippen LogP contribution in [0.5, 0.6) is 5.75 Å². The van der Waals surface area contributed by atoms with Gasteiger partial charge in [0.2, 0.25) is 10.0 Å². The van der Waals surface area contributed by atoms with Crippen molar-refractivity contribution < 1.29 is 41.0 Å². The minimum Gasteiger partial charge on any atom is -0.479 e. The summed E-state index contributed by atoms with van der Waals surface area (Å²) in [4.78, 5) is 10.1. The predicted molar refractivity (Wildman–Crippen MR) is 69.2 cm³/mol. The highest BCUT2D eigenvalue weighted by atomic mass is 32.2. The van der Waals surface area contributed by atoms with E-state index in [2.05, 4.69) is 4.74 Å². The zero-order valence-electron chi connectivity index (χ0n) is 11.5. The number of carboxylic acids is 1. The standard InChI is InChI=1S/C12H12F3NO6S/c13-7-1-2-8(22-12(14)15)10(5-7)23(19,20)16-3-4-21-9(6-16)11(17)18/h1-2,5,9,12H,3-4,6H2,(H,17,18). The van der Waals surface area contributed by atoms with Gasteiger partial charge in [-0.1, -0.05) is 0 Å². The summed E-state index contributed by atoms with van der Waals surface area (Å²) in [7, 11) is -4.44. The first-order valence-electron chi connectivity index (χ1n) is 6.30. The van der Waals surface area contributed by atoms with Crippen LogP contribution in [0.4, 0.5) is 13.2 Å². The molecular weight excluding hydrogens is 343 g/mol. The SMILES string of the molecule is O=C(O)C1CN(S(=O)(=O)c2cc(F)ccc2OC(F)F)CCO1. The van der Waals surface area contributed by atoms with Crippen molar-refractivity contribution in [2.24, 2.45) is 0 Å². The Hall–Kier alpha value is -1.85. The molecule has 2 rings (SSSR count). The molecule has 1 aromatic carbocycles. The summed E-state index contributed by atoms with van der Waals surface area (Å²) in [6.45, 7) is -4.22. The quantitative estimate of drug-likeness (QED) is 0.844. The van der Waals surface area contributed by atoms with Gasteiger partial charge in [-0.3, -0.25) is 0 Å². The highest BCUT2D eigenvalue weighted by Gasteiger charge is 2.36. The number of nitrogens with zero attached hydrogens (tertiary/aromatic N) is 1. The van der Waals surface area contributed by atoms with E-state index in [1.54, 1.807) is 0 Å². The van der Waals surface area contributed by atoms with Crippen molar-refractivity contribution in [2.45, 2.75) is 17.6 Å². The number of morpholine rings is 1. The topological polar surface area (TPSA) is 93.1 Å². The second-order valence-electron chi connectivity index (χ2n) is 4.53. The van der Waals surface area contributed by atoms with Gasteiger partial charge >= 0.3 is 12.6 Å². The molecule has 0 saturated carbocycles. The summed E-state index contributed by atoms with van der Waals surface area (Å²) in [6.07, 6.45) is -1.40. The summed E-state index contributed by atoms with van der Waals surface area (Å²) in [6, 6.07) is 2.08. The van der Waals surface area contributed by atoms with Crippen molar-refractivity contribution in [3.05, 3.63) is 24.0 Å². The number of aliphatic carboxylic acids is 1. The van der Waals surface area contributed by atoms with Crippen molar-refractivity contribution in [2.75, 3.05) is 19.7 Å². The molecule has 1 aliphatic heterocycles. The van der Waals surface area contributed by atoms with Gasteiger partial charge in [-0.25, -0.2) is 17.6 Å². The average molecular weight is 355 g/mol. The number of hydrogen-bond acceptors (Lipinski definition) is 5. The fourth-order valence-electron chi connectivity index (χ4n) is 2.01. The number of alkyl halides is 2. The van der Waals surface area contributed by atoms with Crippen LogP contribution in [0.25, 0.3) is 0 Å². The van der Waals surface area contributed by atoms with Gasteiger partial charge in [0.1, 0.15) is 16.5 Å². The predicted octanol–water partition coefficient (Wildman–Crippen LogP) is 0.901. The van der Waals surface area contributed by atoms with E-state index < -0.39 is 51.7 Å². The van der Waals surface area contributed by atoms with Crippen LogP contribution in [0, 0.1) is 5.82 Å². The Bertz CT molecular complexity index is 696. The van der Waals surface area contributed by atoms with E-state index in [1.807, 2.05) is 0 Å². The molecule has 11 heteroatoms. The Balaban J connectivity index is 2.39. The van der Waals surface area contributed by atoms with Crippen LogP contribution < -0.4 is 4.74 Å². The van der Waals surface area contributed by atoms with Crippen LogP contribution in [0.2, 0.25) is 0 Å². The monoisotopic (exact) mass is 355 g/mol. The second kappa shape index (κ2) is 6.72. The Kier molecular flexibility index (Phi) is 5.12. The highest BCUT2D eigenvalue weighted by Crippen LogP contribution is 2.30. The molecule has 0 amide bonds. The molecule has 1 heterocycles. The zero-order chi connectivity index (χ0) is 17.2. The Morgan fingerprint density at radius 1 is 1.43 bits per heavy atom. The maximum atomic E-state index is 13.3. The molecule has 0 aliphatic carbocycles. The average Bonchev–Trinajstić information content (AvgIpc) is 2.48. The number of rotatable bonds is 5. The van der Waals surface area contributed by atoms with Gasteiger partial charge in [-0.2, -0.15) is 13.1 Å². The van der Waals surface area contributed by atoms with Crippen LogP contribution in [0.1, 0.15) is 0 Å². The fraction of sp³-hybridized carbons (Fsp3) is 0.417. The molecule has 0 bridgehead atoms. The normalized spacial score (nSPS) is 19.7. The molecule has 0 spiro atoms. The summed E-state index contributed by atoms with van der Waals surface area (Å²) in [5, 5.41) is 8.88. The van der Waals surface area contributed by atoms with Crippen molar-refractivity contribution in [3.63, 3.8) is 0 Å². The Morgan fingerprint density at radius 2 is 2.13 bits per heavy atom. The number of carbonyl (C=O) groups is 1. The van der Waals surface area contributed by atoms with Crippen molar-refractivity contribution >= 4 is 16.0 Å². The van der Waals surface area contributed by atoms with Crippen LogP contribution >= 0.6 is 0 Å². The van der Waals surface area contributed by atoms with Gasteiger partial charge in [-0.05, 0) is 18.2 Å². The van der Waals surface area contributed by atoms with Crippen LogP contribution in [0.15, 0.2) is 23.1 Å². The lowest BCUT2D eigenvalue weighted by Gasteiger charge is -2.30. The van der Waals surface area contributed by atoms with Gasteiger partial charge in [0, 0.05) is 6.54 Å². The van der Waals surface area contributed by atoms with Gasteiger partial charge < -0.3 is 14.6 Å². The second-order valence-corrected chi connectivity index (χ2v) is 6.44. The molecule has 1 aliphatic rings. The first-order chi connectivity index (χ1) is 10.7. The molecule has 0 aromatic heterocycles. The molecule has 7 nitrogen and oxygen atoms in total. The minimum absolute atomic E-state index is 0.198. The van der Waals surface area contributed by atoms with Crippen LogP contribution in [-0.4, -0.2) is 56.2 Å². The lowest BCUT2D eigenvalue weighted by atomic mass is 10.3. The van der Waals surface area contributed by atoms with E-state index >= 15 is 0 Å². The number of benzene rings is 1. The van der Waals surface area contributed by atoms with E-state index in [0.29, 0.717) is 6.07 Å². The van der Waals surface area contributed by atoms with E-state index in [0.717, 1.165) is 16.4 Å². The zero-order valence-corrected chi connectivity index (χ0v) is 12.3. The number of hydrogen-bond donors (Lipinski definition) is 1. The molecule has 1 fully saturated rings. The Labute approximate surface area is 129 Å². The molecule has 1 unspecified atom stereocenters. The van der Waals surface area contributed by atoms with Gasteiger partial charge in [0.15, 0.2) is 6.10 Å². The largest absolute Gasteiger partial charge is 0.479 e. The van der Waals surface area contributed by atoms with E-state index in [1.165, 1.54) is 0 Å². The van der Waals surface area contributed by atoms with Gasteiger partial charge in [0.05, 0.1) is 13.2 Å². The number of carboxylic acid groups (broad SMARTS) is 1. The molecule has 1 saturated heterocycles. The van der Waals surface area contributed by atoms with Crippen molar-refractivity contribution in [1.82, 2.24) is 4.31 Å². The van der Waals surface area contributed by atoms with Crippen LogP contribution in [0.3, 0.4) is 0 Å². The maximum Gasteiger partial charge on any atom is 0.387 e. The number of sulfonamides is 1. The summed E-state index contributed by atoms with van der Waals surface area (Å²) in [5.74, 6) is -3.05. The lowest BCUT2D eigenvalue weighted by molar-refractivity contribution is -0.153. The molecule has 0 radical (unpaired) electrons. The highest BCUT2D eigenvalue weighted by molar-refractivity contribution is 7.89. The third kappa shape index (κ3) is 3.92. The minimum atomic E-state index is -4.44. The van der Waals surface area contributed by atoms with Crippen molar-refractivity contribution in [1.29, 1.82) is 0 Å². The van der Waals surface area contributed by atoms with Crippen LogP contribution in [-0.2, 0) is 19.6 Å². The van der Waals surface area contributed by atoms with E-state index in [-0.39, 0.29) is 13.2 Å². The molecular formula is C12H12F3NO6S. The first-order valence-corrected chi connectivity index (χ1v) is 7.74. The van der Waals surface area contributed by atoms with E-state index in [4.69, 9.17) is 9.84 Å². The Morgan fingerprint density at radius 3 is 2.74 bits per heavy atom. The molecule has 1 atom stereocenters. The number of ether oxygens (including phenoxy) is 2. The van der Waals surface area contributed by atoms with E-state index in [9.17, 15) is 26.4 Å². The number of halogens is 3. The summed E-state index contributed by atoms with van der Waals surface area (Å²) < 4.78 is 72.8. The first kappa shape index (κ1) is 17.5. The maximum absolute atomic E-state index is 13.3.